The zero-order valence-corrected chi connectivity index (χ0v) is 25.2. The molecule has 0 unspecified atom stereocenters. The first kappa shape index (κ1) is 27.7. The van der Waals surface area contributed by atoms with Crippen molar-refractivity contribution in [3.05, 3.63) is 46.2 Å². The molecule has 8 atom stereocenters. The maximum Gasteiger partial charge on any atom is 0.233 e. The lowest BCUT2D eigenvalue weighted by atomic mass is 9.34. The second kappa shape index (κ2) is 8.31. The Morgan fingerprint density at radius 1 is 1.10 bits per heavy atom. The highest BCUT2D eigenvalue weighted by Gasteiger charge is 2.71. The largest absolute Gasteiger partial charge is 0.523 e. The lowest BCUT2D eigenvalue weighted by Gasteiger charge is -2.69. The molecule has 5 aliphatic rings. The zero-order chi connectivity index (χ0) is 29.1. The summed E-state index contributed by atoms with van der Waals surface area (Å²) in [4.78, 5) is 23.1. The van der Waals surface area contributed by atoms with Crippen LogP contribution in [0, 0.1) is 58.3 Å². The number of rotatable bonds is 2. The van der Waals surface area contributed by atoms with E-state index in [0.29, 0.717) is 23.8 Å². The van der Waals surface area contributed by atoms with Crippen LogP contribution in [-0.4, -0.2) is 32.7 Å². The topological polar surface area (TPSA) is 101 Å². The number of aliphatic hydroxyl groups excluding tert-OH is 2. The van der Waals surface area contributed by atoms with Gasteiger partial charge in [0.15, 0.2) is 11.6 Å². The van der Waals surface area contributed by atoms with Crippen LogP contribution >= 0.6 is 0 Å². The molecule has 0 radical (unpaired) electrons. The molecule has 2 N–H and O–H groups in total. The van der Waals surface area contributed by atoms with Gasteiger partial charge in [-0.05, 0) is 97.9 Å². The molecule has 216 valence electrons. The summed E-state index contributed by atoms with van der Waals surface area (Å²) in [7, 11) is 0. The van der Waals surface area contributed by atoms with Gasteiger partial charge in [0.2, 0.25) is 11.6 Å². The van der Waals surface area contributed by atoms with Crippen LogP contribution in [0.3, 0.4) is 0 Å². The normalized spacial score (nSPS) is 45.9. The van der Waals surface area contributed by atoms with E-state index < -0.39 is 10.8 Å². The third-order valence-electron chi connectivity index (χ3n) is 13.2. The molecular formula is C33H45N3O4. The van der Waals surface area contributed by atoms with Gasteiger partial charge in [0.1, 0.15) is 5.76 Å². The highest BCUT2D eigenvalue weighted by Crippen LogP contribution is 2.75. The predicted molar refractivity (Wildman–Crippen MR) is 151 cm³/mol. The molecule has 0 aromatic carbocycles. The molecule has 3 fully saturated rings. The summed E-state index contributed by atoms with van der Waals surface area (Å²) in [6.45, 7) is 22.9. The number of carbonyl (C=O) groups excluding carboxylic acids is 1. The molecule has 1 aromatic rings. The lowest BCUT2D eigenvalue weighted by Crippen LogP contribution is -2.65. The van der Waals surface area contributed by atoms with E-state index in [1.807, 2.05) is 19.9 Å². The first-order valence-electron chi connectivity index (χ1n) is 15.1. The van der Waals surface area contributed by atoms with Crippen molar-refractivity contribution in [1.82, 2.24) is 10.1 Å². The van der Waals surface area contributed by atoms with E-state index in [1.165, 1.54) is 0 Å². The molecule has 6 rings (SSSR count). The van der Waals surface area contributed by atoms with E-state index in [2.05, 4.69) is 44.6 Å². The zero-order valence-electron chi connectivity index (χ0n) is 25.2. The van der Waals surface area contributed by atoms with Gasteiger partial charge in [0, 0.05) is 11.3 Å². The van der Waals surface area contributed by atoms with Gasteiger partial charge >= 0.3 is 0 Å². The van der Waals surface area contributed by atoms with Crippen molar-refractivity contribution < 1.29 is 19.5 Å². The van der Waals surface area contributed by atoms with E-state index in [4.69, 9.17) is 16.1 Å². The van der Waals surface area contributed by atoms with Gasteiger partial charge in [-0.25, -0.2) is 4.85 Å². The van der Waals surface area contributed by atoms with Crippen LogP contribution in [0.4, 0.5) is 0 Å². The Balaban J connectivity index is 1.52. The van der Waals surface area contributed by atoms with E-state index in [9.17, 15) is 15.0 Å². The molecule has 0 spiro atoms. The summed E-state index contributed by atoms with van der Waals surface area (Å²) < 4.78 is 5.90. The average Bonchev–Trinajstić information content (AvgIpc) is 3.34. The molecule has 0 bridgehead atoms. The molecule has 7 nitrogen and oxygen atoms in total. The monoisotopic (exact) mass is 547 g/mol. The minimum Gasteiger partial charge on any atom is -0.523 e. The van der Waals surface area contributed by atoms with E-state index in [0.717, 1.165) is 50.5 Å². The van der Waals surface area contributed by atoms with Gasteiger partial charge in [0.05, 0.1) is 18.6 Å². The van der Waals surface area contributed by atoms with Crippen molar-refractivity contribution in [3.8, 4) is 0 Å². The SMILES string of the molecule is [C-]#[N+]C1=C(O)[C@@](C)(CO)[C@@H]2CC[C@]3(C)C(=CC(=O)[C@@H]4[C@@H]5CC(C)(C)CC[C@]5(c5nc(C)no5)CC[C@]43C)[C@@]2(C)C1. The number of ketones is 1. The number of allylic oxidation sites excluding steroid dienone is 3. The Morgan fingerprint density at radius 2 is 1.80 bits per heavy atom. The molecule has 0 amide bonds. The highest BCUT2D eigenvalue weighted by atomic mass is 16.5. The minimum atomic E-state index is -0.902. The van der Waals surface area contributed by atoms with E-state index in [-0.39, 0.29) is 57.6 Å². The molecule has 3 saturated carbocycles. The predicted octanol–water partition coefficient (Wildman–Crippen LogP) is 6.88. The molecule has 0 aliphatic heterocycles. The van der Waals surface area contributed by atoms with Crippen molar-refractivity contribution in [1.29, 1.82) is 0 Å². The van der Waals surface area contributed by atoms with Crippen molar-refractivity contribution in [2.75, 3.05) is 6.61 Å². The quantitative estimate of drug-likeness (QED) is 0.391. The summed E-state index contributed by atoms with van der Waals surface area (Å²) in [5, 5.41) is 25.8. The van der Waals surface area contributed by atoms with Crippen LogP contribution < -0.4 is 0 Å². The summed E-state index contributed by atoms with van der Waals surface area (Å²) >= 11 is 0. The second-order valence-corrected chi connectivity index (χ2v) is 15.6. The number of nitrogens with zero attached hydrogens (tertiary/aromatic N) is 3. The van der Waals surface area contributed by atoms with E-state index >= 15 is 0 Å². The molecule has 7 heteroatoms. The number of aliphatic hydroxyl groups is 2. The van der Waals surface area contributed by atoms with Crippen molar-refractivity contribution in [2.24, 2.45) is 44.8 Å². The molecule has 1 heterocycles. The fourth-order valence-electron chi connectivity index (χ4n) is 10.8. The van der Waals surface area contributed by atoms with Gasteiger partial charge < -0.3 is 14.7 Å². The van der Waals surface area contributed by atoms with Crippen molar-refractivity contribution >= 4 is 5.78 Å². The summed E-state index contributed by atoms with van der Waals surface area (Å²) in [5.41, 5.74) is -0.624. The van der Waals surface area contributed by atoms with Crippen LogP contribution in [0.15, 0.2) is 27.6 Å². The summed E-state index contributed by atoms with van der Waals surface area (Å²) in [5.74, 6) is 1.48. The molecule has 0 saturated heterocycles. The molecule has 5 aliphatic carbocycles. The number of hydrogen-bond acceptors (Lipinski definition) is 6. The average molecular weight is 548 g/mol. The standard InChI is InChI=1S/C33H45N3O4/c1-19-35-27(40-36-19)33-13-11-28(2,3)16-20(33)25-22(38)15-24-29(4)17-21(34-8)26(39)30(5,18-37)23(29)9-10-31(24,6)32(25,7)12-14-33/h15,20,23,25,37,39H,9-14,16-18H2,1-7H3/t20-,23+,25-,29-,30-,31+,32+,33-/m0/s1. The van der Waals surface area contributed by atoms with Gasteiger partial charge in [-0.3, -0.25) is 4.79 Å². The van der Waals surface area contributed by atoms with Gasteiger partial charge in [0.25, 0.3) is 0 Å². The molecule has 40 heavy (non-hydrogen) atoms. The summed E-state index contributed by atoms with van der Waals surface area (Å²) in [6, 6.07) is 0. The third kappa shape index (κ3) is 3.23. The lowest BCUT2D eigenvalue weighted by molar-refractivity contribution is -0.164. The van der Waals surface area contributed by atoms with Gasteiger partial charge in [-0.1, -0.05) is 52.3 Å². The fourth-order valence-corrected chi connectivity index (χ4v) is 10.8. The number of aryl methyl sites for hydroxylation is 1. The Morgan fingerprint density at radius 3 is 2.42 bits per heavy atom. The number of aromatic nitrogens is 2. The van der Waals surface area contributed by atoms with Gasteiger partial charge in [-0.2, -0.15) is 4.98 Å². The van der Waals surface area contributed by atoms with Crippen LogP contribution in [0.2, 0.25) is 0 Å². The fraction of sp³-hybridized carbons (Fsp3) is 0.758. The first-order chi connectivity index (χ1) is 18.6. The number of fused-ring (bicyclic) bond motifs is 7. The van der Waals surface area contributed by atoms with Crippen molar-refractivity contribution in [3.63, 3.8) is 0 Å². The number of carbonyl (C=O) groups is 1. The Labute approximate surface area is 238 Å². The highest BCUT2D eigenvalue weighted by molar-refractivity contribution is 5.95. The van der Waals surface area contributed by atoms with Crippen LogP contribution in [-0.2, 0) is 10.2 Å². The van der Waals surface area contributed by atoms with E-state index in [1.54, 1.807) is 0 Å². The summed E-state index contributed by atoms with van der Waals surface area (Å²) in [6.07, 6.45) is 8.85. The smallest absolute Gasteiger partial charge is 0.233 e. The minimum absolute atomic E-state index is 0.0321. The van der Waals surface area contributed by atoms with Crippen LogP contribution in [0.5, 0.6) is 0 Å². The maximum absolute atomic E-state index is 14.6. The second-order valence-electron chi connectivity index (χ2n) is 15.6. The van der Waals surface area contributed by atoms with Crippen LogP contribution in [0.1, 0.15) is 105 Å². The first-order valence-corrected chi connectivity index (χ1v) is 15.1. The van der Waals surface area contributed by atoms with Crippen molar-refractivity contribution in [2.45, 2.75) is 105 Å². The Hall–Kier alpha value is -2.46. The Bertz CT molecular complexity index is 1380. The Kier molecular flexibility index (Phi) is 5.75. The molecule has 1 aromatic heterocycles. The molecular weight excluding hydrogens is 502 g/mol. The van der Waals surface area contributed by atoms with Gasteiger partial charge in [-0.15, -0.1) is 0 Å². The maximum atomic E-state index is 14.6. The number of hydrogen-bond donors (Lipinski definition) is 2. The third-order valence-corrected chi connectivity index (χ3v) is 13.2. The van der Waals surface area contributed by atoms with Crippen LogP contribution in [0.25, 0.3) is 4.85 Å².